The minimum Gasteiger partial charge on any atom is -0.496 e. The molecule has 163 valence electrons. The number of hydrogen-bond donors (Lipinski definition) is 0. The van der Waals surface area contributed by atoms with Crippen LogP contribution in [0.15, 0.2) is 36.4 Å². The molecule has 30 heavy (non-hydrogen) atoms. The molecule has 0 amide bonds. The standard InChI is InChI=1S/C24H31O6/c1-24(2,3)30-22(25)16-29-18-11-7-9-17(15-18)10-8-12-19-20(26-4)13-14-21(27-5)23(19)28-6/h7,9-11,13-15H,8,12,16H2,1-6H3. The molecular weight excluding hydrogens is 384 g/mol. The molecule has 0 N–H and O–H groups in total. The predicted molar refractivity (Wildman–Crippen MR) is 116 cm³/mol. The van der Waals surface area contributed by atoms with Crippen LogP contribution in [0.1, 0.15) is 38.3 Å². The monoisotopic (exact) mass is 415 g/mol. The summed E-state index contributed by atoms with van der Waals surface area (Å²) in [5.41, 5.74) is 1.42. The summed E-state index contributed by atoms with van der Waals surface area (Å²) in [6.07, 6.45) is 3.57. The lowest BCUT2D eigenvalue weighted by Crippen LogP contribution is -2.27. The van der Waals surface area contributed by atoms with Crippen LogP contribution in [0.25, 0.3) is 0 Å². The Morgan fingerprint density at radius 2 is 1.67 bits per heavy atom. The number of esters is 1. The quantitative estimate of drug-likeness (QED) is 0.528. The molecule has 0 spiro atoms. The van der Waals surface area contributed by atoms with Crippen molar-refractivity contribution in [1.29, 1.82) is 0 Å². The normalized spacial score (nSPS) is 11.0. The highest BCUT2D eigenvalue weighted by molar-refractivity contribution is 5.71. The third-order valence-electron chi connectivity index (χ3n) is 4.23. The van der Waals surface area contributed by atoms with Crippen LogP contribution in [0.5, 0.6) is 23.0 Å². The Balaban J connectivity index is 1.98. The number of carbonyl (C=O) groups excluding carboxylic acids is 1. The van der Waals surface area contributed by atoms with Crippen molar-refractivity contribution in [1.82, 2.24) is 0 Å². The molecule has 0 saturated heterocycles. The second-order valence-electron chi connectivity index (χ2n) is 7.67. The molecule has 0 aliphatic heterocycles. The fourth-order valence-electron chi connectivity index (χ4n) is 3.03. The van der Waals surface area contributed by atoms with Gasteiger partial charge in [0, 0.05) is 5.56 Å². The summed E-state index contributed by atoms with van der Waals surface area (Å²) in [5, 5.41) is 0. The van der Waals surface area contributed by atoms with Crippen molar-refractivity contribution >= 4 is 5.97 Å². The van der Waals surface area contributed by atoms with Gasteiger partial charge < -0.3 is 23.7 Å². The Labute approximate surface area is 179 Å². The minimum atomic E-state index is -0.529. The number of hydrogen-bond acceptors (Lipinski definition) is 6. The number of methoxy groups -OCH3 is 3. The highest BCUT2D eigenvalue weighted by Gasteiger charge is 2.17. The van der Waals surface area contributed by atoms with Crippen LogP contribution in [0, 0.1) is 6.42 Å². The van der Waals surface area contributed by atoms with Crippen LogP contribution in [0.3, 0.4) is 0 Å². The Bertz CT molecular complexity index is 838. The maximum Gasteiger partial charge on any atom is 0.344 e. The highest BCUT2D eigenvalue weighted by atomic mass is 16.6. The fourth-order valence-corrected chi connectivity index (χ4v) is 3.03. The molecule has 6 heteroatoms. The van der Waals surface area contributed by atoms with Crippen LogP contribution in [-0.2, 0) is 16.0 Å². The Kier molecular flexibility index (Phi) is 8.39. The largest absolute Gasteiger partial charge is 0.496 e. The van der Waals surface area contributed by atoms with Crippen LogP contribution in [-0.4, -0.2) is 39.5 Å². The number of rotatable bonds is 10. The first-order valence-electron chi connectivity index (χ1n) is 9.83. The first-order chi connectivity index (χ1) is 14.3. The van der Waals surface area contributed by atoms with E-state index in [0.29, 0.717) is 23.7 Å². The lowest BCUT2D eigenvalue weighted by molar-refractivity contribution is -0.157. The summed E-state index contributed by atoms with van der Waals surface area (Å²) >= 11 is 0. The molecule has 2 aromatic carbocycles. The molecule has 0 fully saturated rings. The molecule has 6 nitrogen and oxygen atoms in total. The van der Waals surface area contributed by atoms with E-state index >= 15 is 0 Å². The van der Waals surface area contributed by atoms with Crippen molar-refractivity contribution < 1.29 is 28.5 Å². The van der Waals surface area contributed by atoms with Crippen LogP contribution >= 0.6 is 0 Å². The summed E-state index contributed by atoms with van der Waals surface area (Å²) in [6.45, 7) is 5.35. The topological polar surface area (TPSA) is 63.2 Å². The lowest BCUT2D eigenvalue weighted by atomic mass is 10.0. The van der Waals surface area contributed by atoms with Crippen LogP contribution < -0.4 is 18.9 Å². The predicted octanol–water partition coefficient (Wildman–Crippen LogP) is 4.62. The third-order valence-corrected chi connectivity index (χ3v) is 4.23. The van der Waals surface area contributed by atoms with Crippen molar-refractivity contribution in [2.75, 3.05) is 27.9 Å². The Morgan fingerprint density at radius 3 is 2.30 bits per heavy atom. The minimum absolute atomic E-state index is 0.126. The second kappa shape index (κ2) is 10.8. The van der Waals surface area contributed by atoms with Gasteiger partial charge in [0.1, 0.15) is 17.1 Å². The van der Waals surface area contributed by atoms with Crippen molar-refractivity contribution in [3.8, 4) is 23.0 Å². The first kappa shape index (κ1) is 23.4. The van der Waals surface area contributed by atoms with E-state index in [1.165, 1.54) is 0 Å². The Morgan fingerprint density at radius 1 is 0.967 bits per heavy atom. The zero-order chi connectivity index (χ0) is 22.1. The van der Waals surface area contributed by atoms with Gasteiger partial charge in [0.2, 0.25) is 0 Å². The maximum atomic E-state index is 11.8. The first-order valence-corrected chi connectivity index (χ1v) is 9.83. The molecule has 0 aliphatic carbocycles. The van der Waals surface area contributed by atoms with Crippen molar-refractivity contribution in [3.63, 3.8) is 0 Å². The lowest BCUT2D eigenvalue weighted by Gasteiger charge is -2.19. The highest BCUT2D eigenvalue weighted by Crippen LogP contribution is 2.38. The molecule has 0 atom stereocenters. The summed E-state index contributed by atoms with van der Waals surface area (Å²) in [6, 6.07) is 11.3. The SMILES string of the molecule is COc1ccc(OC)c(OC)c1CC[CH]c1cccc(OCC(=O)OC(C)(C)C)c1. The molecule has 2 rings (SSSR count). The van der Waals surface area contributed by atoms with E-state index in [9.17, 15) is 4.79 Å². The van der Waals surface area contributed by atoms with Gasteiger partial charge in [0.25, 0.3) is 0 Å². The maximum absolute atomic E-state index is 11.8. The number of carbonyl (C=O) groups is 1. The van der Waals surface area contributed by atoms with Crippen molar-refractivity contribution in [2.24, 2.45) is 0 Å². The second-order valence-corrected chi connectivity index (χ2v) is 7.67. The third kappa shape index (κ3) is 6.87. The van der Waals surface area contributed by atoms with Gasteiger partial charge in [-0.2, -0.15) is 0 Å². The average molecular weight is 416 g/mol. The fraction of sp³-hybridized carbons (Fsp3) is 0.417. The van der Waals surface area contributed by atoms with E-state index in [4.69, 9.17) is 23.7 Å². The smallest absolute Gasteiger partial charge is 0.344 e. The van der Waals surface area contributed by atoms with E-state index in [1.807, 2.05) is 57.2 Å². The van der Waals surface area contributed by atoms with E-state index in [2.05, 4.69) is 6.42 Å². The molecule has 0 unspecified atom stereocenters. The molecule has 0 bridgehead atoms. The zero-order valence-electron chi connectivity index (χ0n) is 18.6. The van der Waals surface area contributed by atoms with E-state index in [-0.39, 0.29) is 6.61 Å². The van der Waals surface area contributed by atoms with Gasteiger partial charge in [0.05, 0.1) is 21.3 Å². The molecule has 0 heterocycles. The van der Waals surface area contributed by atoms with Gasteiger partial charge in [-0.15, -0.1) is 0 Å². The summed E-state index contributed by atoms with van der Waals surface area (Å²) in [4.78, 5) is 11.8. The number of ether oxygens (including phenoxy) is 5. The summed E-state index contributed by atoms with van der Waals surface area (Å²) in [7, 11) is 4.87. The van der Waals surface area contributed by atoms with Gasteiger partial charge in [-0.25, -0.2) is 4.79 Å². The zero-order valence-corrected chi connectivity index (χ0v) is 18.6. The van der Waals surface area contributed by atoms with Gasteiger partial charge in [-0.3, -0.25) is 0 Å². The van der Waals surface area contributed by atoms with Gasteiger partial charge in [-0.05, 0) is 69.9 Å². The van der Waals surface area contributed by atoms with Crippen LogP contribution in [0.2, 0.25) is 0 Å². The Hall–Kier alpha value is -2.89. The van der Waals surface area contributed by atoms with E-state index in [0.717, 1.165) is 23.3 Å². The van der Waals surface area contributed by atoms with E-state index in [1.54, 1.807) is 21.3 Å². The number of benzene rings is 2. The summed E-state index contributed by atoms with van der Waals surface area (Å²) in [5.74, 6) is 2.33. The average Bonchev–Trinajstić information content (AvgIpc) is 2.70. The molecule has 0 saturated carbocycles. The molecule has 0 aromatic heterocycles. The molecule has 0 aliphatic rings. The molecule has 1 radical (unpaired) electrons. The van der Waals surface area contributed by atoms with Crippen LogP contribution in [0.4, 0.5) is 0 Å². The van der Waals surface area contributed by atoms with Gasteiger partial charge in [-0.1, -0.05) is 12.1 Å². The van der Waals surface area contributed by atoms with Crippen molar-refractivity contribution in [2.45, 2.75) is 39.2 Å². The summed E-state index contributed by atoms with van der Waals surface area (Å²) < 4.78 is 27.2. The van der Waals surface area contributed by atoms with Crippen molar-refractivity contribution in [3.05, 3.63) is 53.9 Å². The molecule has 2 aromatic rings. The molecular formula is C24H31O6. The van der Waals surface area contributed by atoms with Gasteiger partial charge in [0.15, 0.2) is 18.1 Å². The van der Waals surface area contributed by atoms with E-state index < -0.39 is 11.6 Å². The van der Waals surface area contributed by atoms with Gasteiger partial charge >= 0.3 is 5.97 Å².